The molecule has 0 atom stereocenters. The third kappa shape index (κ3) is 2.59. The molecular weight excluding hydrogens is 291 g/mol. The van der Waals surface area contributed by atoms with Crippen LogP contribution >= 0.6 is 27.3 Å². The number of nitrogens with zero attached hydrogens (tertiary/aromatic N) is 1. The number of hydrogen-bond donors (Lipinski definition) is 1. The van der Waals surface area contributed by atoms with E-state index in [0.29, 0.717) is 23.5 Å². The third-order valence-corrected chi connectivity index (χ3v) is 3.91. The number of nitrogens with two attached hydrogens (primary N) is 1. The highest BCUT2D eigenvalue weighted by molar-refractivity contribution is 9.11. The first-order valence-electron chi connectivity index (χ1n) is 4.81. The minimum Gasteiger partial charge on any atom is -0.375 e. The molecule has 0 aliphatic rings. The fourth-order valence-electron chi connectivity index (χ4n) is 1.46. The maximum Gasteiger partial charge on any atom is 0.181 e. The summed E-state index contributed by atoms with van der Waals surface area (Å²) in [6.07, 6.45) is 1.32. The molecule has 84 valence electrons. The monoisotopic (exact) mass is 300 g/mol. The van der Waals surface area contributed by atoms with Crippen molar-refractivity contribution in [3.05, 3.63) is 45.1 Å². The lowest BCUT2D eigenvalue weighted by Crippen LogP contribution is -1.95. The maximum absolute atomic E-state index is 13.3. The van der Waals surface area contributed by atoms with Crippen LogP contribution in [0.2, 0.25) is 0 Å². The van der Waals surface area contributed by atoms with Gasteiger partial charge in [0.05, 0.1) is 9.48 Å². The van der Waals surface area contributed by atoms with E-state index >= 15 is 0 Å². The Morgan fingerprint density at radius 2 is 2.06 bits per heavy atom. The van der Waals surface area contributed by atoms with Crippen molar-refractivity contribution in [1.29, 1.82) is 0 Å². The Hall–Kier alpha value is -0.940. The number of anilines is 1. The molecule has 0 fully saturated rings. The summed E-state index contributed by atoms with van der Waals surface area (Å²) in [5.74, 6) is -0.165. The first-order valence-corrected chi connectivity index (χ1v) is 6.42. The Bertz CT molecular complexity index is 498. The van der Waals surface area contributed by atoms with E-state index in [-0.39, 0.29) is 5.82 Å². The summed E-state index contributed by atoms with van der Waals surface area (Å²) in [6.45, 7) is 0. The number of nitrogen functional groups attached to an aromatic ring is 1. The topological polar surface area (TPSA) is 38.9 Å². The fourth-order valence-corrected chi connectivity index (χ4v) is 2.85. The number of thiazole rings is 1. The van der Waals surface area contributed by atoms with Gasteiger partial charge in [-0.3, -0.25) is 0 Å². The van der Waals surface area contributed by atoms with Crippen molar-refractivity contribution >= 4 is 32.4 Å². The van der Waals surface area contributed by atoms with Crippen molar-refractivity contribution in [3.8, 4) is 0 Å². The van der Waals surface area contributed by atoms with E-state index in [9.17, 15) is 4.39 Å². The fraction of sp³-hybridized carbons (Fsp3) is 0.182. The van der Waals surface area contributed by atoms with Crippen LogP contribution in [0.1, 0.15) is 11.3 Å². The molecule has 0 aliphatic carbocycles. The Morgan fingerprint density at radius 1 is 1.31 bits per heavy atom. The number of aromatic nitrogens is 1. The normalized spacial score (nSPS) is 10.6. The molecule has 2 nitrogen and oxygen atoms in total. The van der Waals surface area contributed by atoms with Crippen molar-refractivity contribution < 1.29 is 4.39 Å². The molecule has 0 spiro atoms. The molecule has 2 rings (SSSR count). The number of hydrogen-bond acceptors (Lipinski definition) is 3. The van der Waals surface area contributed by atoms with Gasteiger partial charge in [-0.2, -0.15) is 0 Å². The quantitative estimate of drug-likeness (QED) is 0.943. The first-order chi connectivity index (χ1) is 7.66. The SMILES string of the molecule is Nc1nc(CCc2ccccc2F)c(Br)s1. The summed E-state index contributed by atoms with van der Waals surface area (Å²) in [5.41, 5.74) is 7.19. The van der Waals surface area contributed by atoms with Crippen LogP contribution in [-0.2, 0) is 12.8 Å². The van der Waals surface area contributed by atoms with Gasteiger partial charge in [-0.15, -0.1) is 0 Å². The Balaban J connectivity index is 2.08. The highest BCUT2D eigenvalue weighted by Crippen LogP contribution is 2.27. The summed E-state index contributed by atoms with van der Waals surface area (Å²) >= 11 is 4.79. The van der Waals surface area contributed by atoms with Gasteiger partial charge in [0.25, 0.3) is 0 Å². The lowest BCUT2D eigenvalue weighted by molar-refractivity contribution is 0.608. The van der Waals surface area contributed by atoms with Gasteiger partial charge in [0.15, 0.2) is 5.13 Å². The zero-order chi connectivity index (χ0) is 11.5. The molecule has 16 heavy (non-hydrogen) atoms. The van der Waals surface area contributed by atoms with Crippen LogP contribution in [0.4, 0.5) is 9.52 Å². The second-order valence-corrected chi connectivity index (χ2v) is 5.71. The van der Waals surface area contributed by atoms with Gasteiger partial charge in [-0.1, -0.05) is 29.5 Å². The lowest BCUT2D eigenvalue weighted by Gasteiger charge is -2.01. The average Bonchev–Trinajstić information content (AvgIpc) is 2.56. The summed E-state index contributed by atoms with van der Waals surface area (Å²) in [7, 11) is 0. The first kappa shape index (κ1) is 11.5. The highest BCUT2D eigenvalue weighted by Gasteiger charge is 2.08. The molecule has 1 aromatic carbocycles. The van der Waals surface area contributed by atoms with E-state index in [0.717, 1.165) is 9.48 Å². The molecule has 0 amide bonds. The molecule has 0 bridgehead atoms. The lowest BCUT2D eigenvalue weighted by atomic mass is 10.1. The van der Waals surface area contributed by atoms with E-state index < -0.39 is 0 Å². The van der Waals surface area contributed by atoms with E-state index in [4.69, 9.17) is 5.73 Å². The van der Waals surface area contributed by atoms with Crippen molar-refractivity contribution in [3.63, 3.8) is 0 Å². The molecule has 5 heteroatoms. The van der Waals surface area contributed by atoms with E-state index in [2.05, 4.69) is 20.9 Å². The molecule has 0 saturated carbocycles. The molecule has 1 aromatic heterocycles. The summed E-state index contributed by atoms with van der Waals surface area (Å²) in [4.78, 5) is 4.18. The van der Waals surface area contributed by atoms with Crippen LogP contribution in [0.15, 0.2) is 28.1 Å². The zero-order valence-corrected chi connectivity index (χ0v) is 10.8. The predicted octanol–water partition coefficient (Wildman–Crippen LogP) is 3.41. The standard InChI is InChI=1S/C11H10BrFN2S/c12-10-9(15-11(14)16-10)6-5-7-3-1-2-4-8(7)13/h1-4H,5-6H2,(H2,14,15). The van der Waals surface area contributed by atoms with Crippen molar-refractivity contribution in [2.45, 2.75) is 12.8 Å². The van der Waals surface area contributed by atoms with Crippen LogP contribution < -0.4 is 5.73 Å². The van der Waals surface area contributed by atoms with Gasteiger partial charge < -0.3 is 5.73 Å². The number of halogens is 2. The van der Waals surface area contributed by atoms with Gasteiger partial charge in [0.1, 0.15) is 5.82 Å². The van der Waals surface area contributed by atoms with E-state index in [1.165, 1.54) is 17.4 Å². The van der Waals surface area contributed by atoms with Crippen LogP contribution in [-0.4, -0.2) is 4.98 Å². The van der Waals surface area contributed by atoms with Gasteiger partial charge in [0, 0.05) is 0 Å². The van der Waals surface area contributed by atoms with Gasteiger partial charge >= 0.3 is 0 Å². The minimum absolute atomic E-state index is 0.165. The second-order valence-electron chi connectivity index (χ2n) is 3.36. The molecular formula is C11H10BrFN2S. The summed E-state index contributed by atoms with van der Waals surface area (Å²) in [5, 5.41) is 0.537. The number of aryl methyl sites for hydroxylation is 2. The Labute approximate surface area is 105 Å². The molecule has 2 N–H and O–H groups in total. The zero-order valence-electron chi connectivity index (χ0n) is 8.41. The molecule has 0 saturated heterocycles. The van der Waals surface area contributed by atoms with Crippen LogP contribution in [0.25, 0.3) is 0 Å². The second kappa shape index (κ2) is 4.93. The molecule has 1 heterocycles. The van der Waals surface area contributed by atoms with E-state index in [1.54, 1.807) is 12.1 Å². The molecule has 2 aromatic rings. The van der Waals surface area contributed by atoms with Crippen molar-refractivity contribution in [2.24, 2.45) is 0 Å². The van der Waals surface area contributed by atoms with Gasteiger partial charge in [-0.25, -0.2) is 9.37 Å². The highest BCUT2D eigenvalue weighted by atomic mass is 79.9. The van der Waals surface area contributed by atoms with Crippen molar-refractivity contribution in [2.75, 3.05) is 5.73 Å². The smallest absolute Gasteiger partial charge is 0.181 e. The summed E-state index contributed by atoms with van der Waals surface area (Å²) in [6, 6.07) is 6.79. The van der Waals surface area contributed by atoms with Gasteiger partial charge in [0.2, 0.25) is 0 Å². The molecule has 0 unspecified atom stereocenters. The average molecular weight is 301 g/mol. The number of rotatable bonds is 3. The van der Waals surface area contributed by atoms with Gasteiger partial charge in [-0.05, 0) is 40.4 Å². The van der Waals surface area contributed by atoms with Crippen molar-refractivity contribution in [1.82, 2.24) is 4.98 Å². The third-order valence-electron chi connectivity index (χ3n) is 2.26. The molecule has 0 radical (unpaired) electrons. The predicted molar refractivity (Wildman–Crippen MR) is 68.0 cm³/mol. The van der Waals surface area contributed by atoms with E-state index in [1.807, 2.05) is 6.07 Å². The largest absolute Gasteiger partial charge is 0.375 e. The maximum atomic E-state index is 13.3. The Kier molecular flexibility index (Phi) is 3.56. The Morgan fingerprint density at radius 3 is 2.69 bits per heavy atom. The van der Waals surface area contributed by atoms with Crippen LogP contribution in [0.5, 0.6) is 0 Å². The molecule has 0 aliphatic heterocycles. The van der Waals surface area contributed by atoms with Crippen LogP contribution in [0.3, 0.4) is 0 Å². The summed E-state index contributed by atoms with van der Waals surface area (Å²) < 4.78 is 14.3. The minimum atomic E-state index is -0.165. The van der Waals surface area contributed by atoms with Crippen LogP contribution in [0, 0.1) is 5.82 Å². The number of benzene rings is 1.